The maximum Gasteiger partial charge on any atom is 0.223 e. The molecule has 2 aliphatic carbocycles. The molecule has 8 aromatic rings. The highest BCUT2D eigenvalue weighted by Gasteiger charge is 2.33. The number of nitrogens with one attached hydrogen (secondary N) is 2. The maximum absolute atomic E-state index is 13.0. The number of carbonyl (C=O) groups excluding carboxylic acids is 4. The molecule has 2 amide bonds. The number of carbonyl (C=O) groups is 4. The molecule has 4 aromatic heterocycles. The van der Waals surface area contributed by atoms with E-state index < -0.39 is 12.1 Å². The van der Waals surface area contributed by atoms with Crippen LogP contribution in [-0.2, 0) is 44.9 Å². The van der Waals surface area contributed by atoms with Crippen LogP contribution in [0.5, 0.6) is 0 Å². The van der Waals surface area contributed by atoms with Gasteiger partial charge in [0.15, 0.2) is 11.6 Å². The molecular weight excluding hydrogens is 1060 g/mol. The molecule has 2 saturated carbocycles. The van der Waals surface area contributed by atoms with E-state index in [9.17, 15) is 19.2 Å². The summed E-state index contributed by atoms with van der Waals surface area (Å²) in [4.78, 5) is 60.1. The smallest absolute Gasteiger partial charge is 0.223 e. The van der Waals surface area contributed by atoms with E-state index in [2.05, 4.69) is 112 Å². The van der Waals surface area contributed by atoms with Gasteiger partial charge in [0.25, 0.3) is 0 Å². The molecule has 0 saturated heterocycles. The van der Waals surface area contributed by atoms with Crippen LogP contribution in [0.1, 0.15) is 87.5 Å². The number of hydrogen-bond acceptors (Lipinski definition) is 12. The van der Waals surface area contributed by atoms with Crippen LogP contribution in [0.15, 0.2) is 147 Å². The van der Waals surface area contributed by atoms with Crippen LogP contribution < -0.4 is 10.6 Å². The average Bonchev–Trinajstić information content (AvgIpc) is 4.37. The largest absolute Gasteiger partial charge is 0.346 e. The number of Topliss-reactive ketones (excluding diaryl/α,β-unsaturated/α-hetero) is 2. The van der Waals surface area contributed by atoms with Crippen LogP contribution in [0.4, 0.5) is 0 Å². The zero-order chi connectivity index (χ0) is 54.4. The van der Waals surface area contributed by atoms with Crippen molar-refractivity contribution in [3.63, 3.8) is 0 Å². The summed E-state index contributed by atoms with van der Waals surface area (Å²) in [6, 6.07) is 34.9. The first-order valence-corrected chi connectivity index (χ1v) is 27.4. The molecular formula is C60H63Cl3N12O4. The number of nitrogens with zero attached hydrogens (tertiary/aromatic N) is 10. The number of hydrogen-bond donors (Lipinski definition) is 2. The van der Waals surface area contributed by atoms with Gasteiger partial charge in [0.2, 0.25) is 11.8 Å². The van der Waals surface area contributed by atoms with E-state index in [1.807, 2.05) is 48.8 Å². The van der Waals surface area contributed by atoms with Gasteiger partial charge in [0.1, 0.15) is 12.7 Å². The number of amides is 2. The van der Waals surface area contributed by atoms with Crippen molar-refractivity contribution >= 4 is 59.0 Å². The molecule has 0 radical (unpaired) electrons. The molecule has 10 rings (SSSR count). The highest BCUT2D eigenvalue weighted by atomic mass is 35.5. The van der Waals surface area contributed by atoms with Gasteiger partial charge in [0, 0.05) is 59.5 Å². The third-order valence-electron chi connectivity index (χ3n) is 15.0. The molecule has 4 heterocycles. The van der Waals surface area contributed by atoms with Crippen LogP contribution in [-0.4, -0.2) is 85.8 Å². The molecule has 19 heteroatoms. The predicted molar refractivity (Wildman–Crippen MR) is 306 cm³/mol. The summed E-state index contributed by atoms with van der Waals surface area (Å²) in [6.07, 6.45) is 19.1. The minimum atomic E-state index is -0.549. The summed E-state index contributed by atoms with van der Waals surface area (Å²) in [7, 11) is 0. The predicted octanol–water partition coefficient (Wildman–Crippen LogP) is 10.5. The van der Waals surface area contributed by atoms with Crippen molar-refractivity contribution in [1.29, 1.82) is 0 Å². The molecule has 16 nitrogen and oxygen atoms in total. The number of pyridine rings is 2. The van der Waals surface area contributed by atoms with Crippen LogP contribution >= 0.6 is 35.6 Å². The number of ketones is 2. The summed E-state index contributed by atoms with van der Waals surface area (Å²) in [5.41, 5.74) is 10.3. The van der Waals surface area contributed by atoms with Crippen LogP contribution in [0.2, 0.25) is 10.0 Å². The van der Waals surface area contributed by atoms with Crippen molar-refractivity contribution in [3.8, 4) is 33.6 Å². The molecule has 0 spiro atoms. The van der Waals surface area contributed by atoms with E-state index in [-0.39, 0.29) is 60.5 Å². The Morgan fingerprint density at radius 3 is 1.34 bits per heavy atom. The fourth-order valence-electron chi connectivity index (χ4n) is 10.7. The standard InChI is InChI=1S/2C30H31ClN6O2.ClH/c2*1-20(29(38)13-10-24-17-27(31)11-12-28(24)37-19-33-35-36-37)34-30(39)25-9-6-22(16-25)15-21-4-7-23(8-5-21)26-3-2-14-32-18-26;/h2*2-5,7-8,11-12,14,17-20,22,25H,6,9-10,13,15-16H2,1H3,(H,34,39);1H/t2*20-,22-,25+;/m00./s1. The summed E-state index contributed by atoms with van der Waals surface area (Å²) < 4.78 is 3.10. The van der Waals surface area contributed by atoms with E-state index in [4.69, 9.17) is 23.2 Å². The quantitative estimate of drug-likeness (QED) is 0.0731. The third kappa shape index (κ3) is 15.8. The normalized spacial score (nSPS) is 17.4. The number of aryl methyl sites for hydroxylation is 2. The first kappa shape index (κ1) is 57.6. The lowest BCUT2D eigenvalue weighted by Gasteiger charge is -2.17. The Hall–Kier alpha value is -7.53. The van der Waals surface area contributed by atoms with Gasteiger partial charge in [-0.1, -0.05) is 83.9 Å². The van der Waals surface area contributed by atoms with Gasteiger partial charge in [0.05, 0.1) is 23.5 Å². The monoisotopic (exact) mass is 1120 g/mol. The minimum absolute atomic E-state index is 0. The SMILES string of the molecule is C[C@H](NC(=O)[C@@H]1CC[C@@H](Cc2ccc(-c3cccnc3)cc2)C1)C(=O)CCc1cc(Cl)ccc1-n1cnnn1.C[C@H](NC(=O)[C@@H]1CC[C@@H](Cc2ccc(-c3cccnc3)cc2)C1)C(=O)CCc1cc(Cl)ccc1-n1cnnn1.Cl. The van der Waals surface area contributed by atoms with Gasteiger partial charge in [-0.2, -0.15) is 0 Å². The lowest BCUT2D eigenvalue weighted by Crippen LogP contribution is -2.41. The van der Waals surface area contributed by atoms with Crippen molar-refractivity contribution in [3.05, 3.63) is 179 Å². The van der Waals surface area contributed by atoms with Crippen molar-refractivity contribution < 1.29 is 19.2 Å². The van der Waals surface area contributed by atoms with Gasteiger partial charge >= 0.3 is 0 Å². The Bertz CT molecular complexity index is 3040. The van der Waals surface area contributed by atoms with Crippen molar-refractivity contribution in [2.75, 3.05) is 0 Å². The van der Waals surface area contributed by atoms with Crippen LogP contribution in [0, 0.1) is 23.7 Å². The molecule has 0 aliphatic heterocycles. The van der Waals surface area contributed by atoms with Crippen molar-refractivity contribution in [2.24, 2.45) is 23.7 Å². The second-order valence-corrected chi connectivity index (χ2v) is 21.4. The minimum Gasteiger partial charge on any atom is -0.346 e. The number of tetrazole rings is 2. The van der Waals surface area contributed by atoms with Crippen LogP contribution in [0.3, 0.4) is 0 Å². The molecule has 2 fully saturated rings. The molecule has 2 N–H and O–H groups in total. The highest BCUT2D eigenvalue weighted by molar-refractivity contribution is 6.31. The lowest BCUT2D eigenvalue weighted by molar-refractivity contribution is -0.129. The van der Waals surface area contributed by atoms with E-state index >= 15 is 0 Å². The first-order valence-electron chi connectivity index (χ1n) is 26.6. The van der Waals surface area contributed by atoms with Gasteiger partial charge < -0.3 is 10.6 Å². The number of benzene rings is 4. The van der Waals surface area contributed by atoms with Gasteiger partial charge in [-0.3, -0.25) is 29.1 Å². The second kappa shape index (κ2) is 27.9. The number of aromatic nitrogens is 10. The van der Waals surface area contributed by atoms with E-state index in [1.165, 1.54) is 23.8 Å². The van der Waals surface area contributed by atoms with E-state index in [0.717, 1.165) is 96.1 Å². The number of rotatable bonds is 20. The van der Waals surface area contributed by atoms with E-state index in [0.29, 0.717) is 34.7 Å². The fourth-order valence-corrected chi connectivity index (χ4v) is 11.1. The van der Waals surface area contributed by atoms with Gasteiger partial charge in [-0.25, -0.2) is 9.36 Å². The summed E-state index contributed by atoms with van der Waals surface area (Å²) in [6.45, 7) is 3.52. The second-order valence-electron chi connectivity index (χ2n) is 20.5. The zero-order valence-electron chi connectivity index (χ0n) is 44.1. The fraction of sp³-hybridized carbons (Fsp3) is 0.333. The summed E-state index contributed by atoms with van der Waals surface area (Å²) in [5, 5.41) is 29.7. The summed E-state index contributed by atoms with van der Waals surface area (Å²) >= 11 is 12.4. The average molecular weight is 1120 g/mol. The number of halogens is 3. The Morgan fingerprint density at radius 1 is 0.557 bits per heavy atom. The molecule has 0 bridgehead atoms. The summed E-state index contributed by atoms with van der Waals surface area (Å²) in [5.74, 6) is 0.721. The first-order chi connectivity index (χ1) is 37.9. The Kier molecular flexibility index (Phi) is 20.3. The van der Waals surface area contributed by atoms with Crippen molar-refractivity contribution in [1.82, 2.24) is 61.0 Å². The molecule has 408 valence electrons. The Balaban J connectivity index is 0.000000205. The lowest BCUT2D eigenvalue weighted by atomic mass is 9.95. The highest BCUT2D eigenvalue weighted by Crippen LogP contribution is 2.36. The van der Waals surface area contributed by atoms with E-state index in [1.54, 1.807) is 47.7 Å². The Labute approximate surface area is 475 Å². The maximum atomic E-state index is 13.0. The molecule has 4 aromatic carbocycles. The van der Waals surface area contributed by atoms with Gasteiger partial charge in [-0.05, 0) is 204 Å². The third-order valence-corrected chi connectivity index (χ3v) is 15.5. The molecule has 79 heavy (non-hydrogen) atoms. The molecule has 2 aliphatic rings. The Morgan fingerprint density at radius 2 is 0.975 bits per heavy atom. The van der Waals surface area contributed by atoms with Crippen molar-refractivity contribution in [2.45, 2.75) is 103 Å². The molecule has 0 unspecified atom stereocenters. The van der Waals surface area contributed by atoms with Crippen LogP contribution in [0.25, 0.3) is 33.6 Å². The topological polar surface area (TPSA) is 205 Å². The van der Waals surface area contributed by atoms with Gasteiger partial charge in [-0.15, -0.1) is 22.6 Å². The molecule has 6 atom stereocenters. The zero-order valence-corrected chi connectivity index (χ0v) is 46.4.